The standard InChI is InChI=1S/C15H17NO5/c1-3-13(17)20-10-15(11(2)16-14(18)21-15)9-19-12-7-5-4-6-8-12/h3-8,11H,1,9-10H2,2H3,(H,16,18). The van der Waals surface area contributed by atoms with Gasteiger partial charge in [0.05, 0.1) is 6.04 Å². The smallest absolute Gasteiger partial charge is 0.408 e. The highest BCUT2D eigenvalue weighted by molar-refractivity contribution is 5.81. The molecule has 0 bridgehead atoms. The Bertz CT molecular complexity index is 530. The molecule has 1 aromatic rings. The predicted octanol–water partition coefficient (Wildman–Crippen LogP) is 1.66. The number of ether oxygens (including phenoxy) is 3. The van der Waals surface area contributed by atoms with Crippen LogP contribution >= 0.6 is 0 Å². The highest BCUT2D eigenvalue weighted by atomic mass is 16.6. The summed E-state index contributed by atoms with van der Waals surface area (Å²) in [7, 11) is 0. The lowest BCUT2D eigenvalue weighted by Gasteiger charge is -2.29. The molecule has 2 rings (SSSR count). The number of para-hydroxylation sites is 1. The van der Waals surface area contributed by atoms with E-state index >= 15 is 0 Å². The number of cyclic esters (lactones) is 1. The van der Waals surface area contributed by atoms with Crippen LogP contribution in [0.25, 0.3) is 0 Å². The van der Waals surface area contributed by atoms with E-state index in [-0.39, 0.29) is 19.3 Å². The van der Waals surface area contributed by atoms with Crippen molar-refractivity contribution in [2.45, 2.75) is 18.6 Å². The van der Waals surface area contributed by atoms with Crippen LogP contribution in [-0.4, -0.2) is 36.9 Å². The van der Waals surface area contributed by atoms with E-state index < -0.39 is 17.7 Å². The van der Waals surface area contributed by atoms with Gasteiger partial charge in [0.1, 0.15) is 19.0 Å². The normalized spacial score (nSPS) is 23.9. The molecule has 2 unspecified atom stereocenters. The molecule has 1 aliphatic rings. The highest BCUT2D eigenvalue weighted by Gasteiger charge is 2.49. The largest absolute Gasteiger partial charge is 0.489 e. The van der Waals surface area contributed by atoms with Gasteiger partial charge in [0.25, 0.3) is 0 Å². The summed E-state index contributed by atoms with van der Waals surface area (Å²) in [6.07, 6.45) is 0.495. The van der Waals surface area contributed by atoms with Crippen molar-refractivity contribution in [3.05, 3.63) is 43.0 Å². The Morgan fingerprint density at radius 3 is 2.71 bits per heavy atom. The van der Waals surface area contributed by atoms with Crippen LogP contribution in [0.2, 0.25) is 0 Å². The van der Waals surface area contributed by atoms with E-state index in [2.05, 4.69) is 11.9 Å². The summed E-state index contributed by atoms with van der Waals surface area (Å²) >= 11 is 0. The lowest BCUT2D eigenvalue weighted by molar-refractivity contribution is -0.146. The first kappa shape index (κ1) is 14.9. The number of alkyl carbamates (subject to hydrolysis) is 1. The molecule has 1 heterocycles. The number of carbonyl (C=O) groups excluding carboxylic acids is 2. The lowest BCUT2D eigenvalue weighted by Crippen LogP contribution is -2.50. The van der Waals surface area contributed by atoms with Gasteiger partial charge >= 0.3 is 12.1 Å². The molecule has 1 aliphatic heterocycles. The van der Waals surface area contributed by atoms with E-state index in [9.17, 15) is 9.59 Å². The number of hydrogen-bond acceptors (Lipinski definition) is 5. The number of esters is 1. The SMILES string of the molecule is C=CC(=O)OCC1(COc2ccccc2)OC(=O)NC1C. The van der Waals surface area contributed by atoms with Crippen LogP contribution in [-0.2, 0) is 14.3 Å². The maximum absolute atomic E-state index is 11.4. The van der Waals surface area contributed by atoms with Gasteiger partial charge in [-0.05, 0) is 19.1 Å². The Hall–Kier alpha value is -2.50. The zero-order valence-corrected chi connectivity index (χ0v) is 11.7. The summed E-state index contributed by atoms with van der Waals surface area (Å²) in [5.74, 6) is 0.0614. The number of hydrogen-bond donors (Lipinski definition) is 1. The van der Waals surface area contributed by atoms with Crippen LogP contribution in [0, 0.1) is 0 Å². The van der Waals surface area contributed by atoms with Crippen LogP contribution in [0.4, 0.5) is 4.79 Å². The average Bonchev–Trinajstić information content (AvgIpc) is 2.78. The molecule has 0 aliphatic carbocycles. The third-order valence-corrected chi connectivity index (χ3v) is 3.27. The molecule has 1 amide bonds. The molecule has 2 atom stereocenters. The van der Waals surface area contributed by atoms with Crippen molar-refractivity contribution in [1.29, 1.82) is 0 Å². The van der Waals surface area contributed by atoms with Gasteiger partial charge in [0.2, 0.25) is 5.60 Å². The average molecular weight is 291 g/mol. The molecule has 1 saturated heterocycles. The van der Waals surface area contributed by atoms with E-state index in [1.807, 2.05) is 18.2 Å². The molecule has 0 aromatic heterocycles. The summed E-state index contributed by atoms with van der Waals surface area (Å²) in [6, 6.07) is 8.76. The maximum Gasteiger partial charge on any atom is 0.408 e. The van der Waals surface area contributed by atoms with Gasteiger partial charge in [-0.2, -0.15) is 0 Å². The summed E-state index contributed by atoms with van der Waals surface area (Å²) in [4.78, 5) is 22.7. The predicted molar refractivity (Wildman–Crippen MR) is 74.9 cm³/mol. The van der Waals surface area contributed by atoms with E-state index in [0.29, 0.717) is 5.75 Å². The van der Waals surface area contributed by atoms with Crippen molar-refractivity contribution < 1.29 is 23.8 Å². The number of carbonyl (C=O) groups is 2. The van der Waals surface area contributed by atoms with Gasteiger partial charge in [-0.15, -0.1) is 0 Å². The van der Waals surface area contributed by atoms with Crippen LogP contribution in [0.5, 0.6) is 5.75 Å². The van der Waals surface area contributed by atoms with Crippen LogP contribution in [0.15, 0.2) is 43.0 Å². The van der Waals surface area contributed by atoms with Crippen molar-refractivity contribution in [2.24, 2.45) is 0 Å². The Kier molecular flexibility index (Phi) is 4.47. The molecule has 0 saturated carbocycles. The van der Waals surface area contributed by atoms with Crippen LogP contribution < -0.4 is 10.1 Å². The Morgan fingerprint density at radius 2 is 2.14 bits per heavy atom. The molecule has 1 N–H and O–H groups in total. The second-order valence-corrected chi connectivity index (χ2v) is 4.73. The highest BCUT2D eigenvalue weighted by Crippen LogP contribution is 2.25. The molecule has 1 fully saturated rings. The molecule has 6 heteroatoms. The third kappa shape index (κ3) is 3.53. The van der Waals surface area contributed by atoms with Gasteiger partial charge in [0.15, 0.2) is 0 Å². The monoisotopic (exact) mass is 291 g/mol. The zero-order chi connectivity index (χ0) is 15.3. The lowest BCUT2D eigenvalue weighted by atomic mass is 9.98. The maximum atomic E-state index is 11.4. The first-order valence-electron chi connectivity index (χ1n) is 6.52. The van der Waals surface area contributed by atoms with Gasteiger partial charge in [-0.25, -0.2) is 9.59 Å². The van der Waals surface area contributed by atoms with Gasteiger partial charge in [-0.1, -0.05) is 24.8 Å². The summed E-state index contributed by atoms with van der Waals surface area (Å²) < 4.78 is 16.0. The van der Waals surface area contributed by atoms with E-state index in [0.717, 1.165) is 6.08 Å². The fourth-order valence-corrected chi connectivity index (χ4v) is 1.94. The van der Waals surface area contributed by atoms with Crippen molar-refractivity contribution in [3.63, 3.8) is 0 Å². The second-order valence-electron chi connectivity index (χ2n) is 4.73. The number of nitrogens with one attached hydrogen (secondary N) is 1. The van der Waals surface area contributed by atoms with Crippen molar-refractivity contribution in [1.82, 2.24) is 5.32 Å². The Morgan fingerprint density at radius 1 is 1.43 bits per heavy atom. The van der Waals surface area contributed by atoms with E-state index in [1.54, 1.807) is 19.1 Å². The second kappa shape index (κ2) is 6.30. The van der Waals surface area contributed by atoms with Crippen LogP contribution in [0.1, 0.15) is 6.92 Å². The molecular weight excluding hydrogens is 274 g/mol. The Balaban J connectivity index is 2.07. The van der Waals surface area contributed by atoms with Crippen molar-refractivity contribution in [2.75, 3.05) is 13.2 Å². The first-order chi connectivity index (χ1) is 10.1. The fraction of sp³-hybridized carbons (Fsp3) is 0.333. The summed E-state index contributed by atoms with van der Waals surface area (Å²) in [5.41, 5.74) is -1.06. The summed E-state index contributed by atoms with van der Waals surface area (Å²) in [5, 5.41) is 2.63. The van der Waals surface area contributed by atoms with Gasteiger partial charge in [0, 0.05) is 6.08 Å². The minimum absolute atomic E-state index is 0.0708. The van der Waals surface area contributed by atoms with E-state index in [1.165, 1.54) is 0 Å². The van der Waals surface area contributed by atoms with Crippen molar-refractivity contribution in [3.8, 4) is 5.75 Å². The molecule has 1 aromatic carbocycles. The molecular formula is C15H17NO5. The summed E-state index contributed by atoms with van der Waals surface area (Å²) in [6.45, 7) is 5.06. The molecule has 0 spiro atoms. The van der Waals surface area contributed by atoms with Gasteiger partial charge in [-0.3, -0.25) is 0 Å². The quantitative estimate of drug-likeness (QED) is 0.637. The minimum Gasteiger partial charge on any atom is -0.489 e. The van der Waals surface area contributed by atoms with Crippen LogP contribution in [0.3, 0.4) is 0 Å². The molecule has 112 valence electrons. The number of rotatable bonds is 6. The first-order valence-corrected chi connectivity index (χ1v) is 6.52. The molecule has 21 heavy (non-hydrogen) atoms. The molecule has 0 radical (unpaired) electrons. The Labute approximate surface area is 122 Å². The van der Waals surface area contributed by atoms with Gasteiger partial charge < -0.3 is 19.5 Å². The fourth-order valence-electron chi connectivity index (χ4n) is 1.94. The number of amides is 1. The minimum atomic E-state index is -1.06. The zero-order valence-electron chi connectivity index (χ0n) is 11.7. The number of benzene rings is 1. The van der Waals surface area contributed by atoms with Crippen molar-refractivity contribution >= 4 is 12.1 Å². The molecule has 6 nitrogen and oxygen atoms in total. The topological polar surface area (TPSA) is 73.9 Å². The third-order valence-electron chi connectivity index (χ3n) is 3.27. The van der Waals surface area contributed by atoms with E-state index in [4.69, 9.17) is 14.2 Å².